The van der Waals surface area contributed by atoms with Gasteiger partial charge < -0.3 is 9.47 Å². The van der Waals surface area contributed by atoms with Gasteiger partial charge in [0.05, 0.1) is 32.5 Å². The Morgan fingerprint density at radius 3 is 3.12 bits per heavy atom. The third kappa shape index (κ3) is 3.51. The average Bonchev–Trinajstić information content (AvgIpc) is 2.39. The van der Waals surface area contributed by atoms with Gasteiger partial charge in [-0.05, 0) is 17.5 Å². The highest BCUT2D eigenvalue weighted by Crippen LogP contribution is 2.25. The van der Waals surface area contributed by atoms with Crippen LogP contribution in [-0.4, -0.2) is 33.5 Å². The second-order valence-electron chi connectivity index (χ2n) is 4.00. The monoisotopic (exact) mass is 237 g/mol. The number of nitrogens with one attached hydrogen (secondary N) is 1. The van der Waals surface area contributed by atoms with Gasteiger partial charge in [0.1, 0.15) is 0 Å². The molecule has 1 unspecified atom stereocenters. The van der Waals surface area contributed by atoms with Crippen molar-refractivity contribution in [2.75, 3.05) is 33.5 Å². The fourth-order valence-corrected chi connectivity index (χ4v) is 1.98. The number of rotatable bonds is 6. The molecule has 1 aliphatic rings. The molecule has 1 N–H and O–H groups in total. The van der Waals surface area contributed by atoms with E-state index in [0.717, 1.165) is 13.0 Å². The summed E-state index contributed by atoms with van der Waals surface area (Å²) in [5.41, 5.74) is 5.57. The third-order valence-electron chi connectivity index (χ3n) is 2.85. The predicted molar refractivity (Wildman–Crippen MR) is 64.7 cm³/mol. The van der Waals surface area contributed by atoms with E-state index in [9.17, 15) is 0 Å². The van der Waals surface area contributed by atoms with E-state index in [1.54, 1.807) is 7.11 Å². The maximum absolute atomic E-state index is 5.74. The molecule has 0 amide bonds. The van der Waals surface area contributed by atoms with Crippen LogP contribution in [0.25, 0.3) is 0 Å². The Labute approximate surface area is 102 Å². The summed E-state index contributed by atoms with van der Waals surface area (Å²) in [4.78, 5) is 5.24. The zero-order chi connectivity index (χ0) is 11.9. The molecule has 1 aliphatic heterocycles. The van der Waals surface area contributed by atoms with Crippen LogP contribution < -0.4 is 5.48 Å². The third-order valence-corrected chi connectivity index (χ3v) is 2.85. The van der Waals surface area contributed by atoms with E-state index < -0.39 is 0 Å². The van der Waals surface area contributed by atoms with Crippen LogP contribution in [-0.2, 0) is 20.7 Å². The van der Waals surface area contributed by atoms with E-state index in [1.165, 1.54) is 11.1 Å². The van der Waals surface area contributed by atoms with Gasteiger partial charge in [0.25, 0.3) is 0 Å². The molecule has 94 valence electrons. The molecule has 2 rings (SSSR count). The van der Waals surface area contributed by atoms with Gasteiger partial charge in [0.15, 0.2) is 0 Å². The predicted octanol–water partition coefficient (Wildman–Crippen LogP) is 1.47. The minimum Gasteiger partial charge on any atom is -0.382 e. The molecular weight excluding hydrogens is 218 g/mol. The lowest BCUT2D eigenvalue weighted by Gasteiger charge is -2.26. The summed E-state index contributed by atoms with van der Waals surface area (Å²) in [6, 6.07) is 8.41. The number of hydroxylamine groups is 1. The average molecular weight is 237 g/mol. The summed E-state index contributed by atoms with van der Waals surface area (Å²) < 4.78 is 10.6. The minimum atomic E-state index is 0.0856. The fourth-order valence-electron chi connectivity index (χ4n) is 1.98. The standard InChI is InChI=1S/C13H19NO3/c1-15-8-9-17-14-10-13-12-5-3-2-4-11(12)6-7-16-13/h2-5,13-14H,6-10H2,1H3. The zero-order valence-corrected chi connectivity index (χ0v) is 10.1. The molecule has 0 aromatic heterocycles. The van der Waals surface area contributed by atoms with Gasteiger partial charge in [0.2, 0.25) is 0 Å². The van der Waals surface area contributed by atoms with Gasteiger partial charge in [-0.25, -0.2) is 0 Å². The van der Waals surface area contributed by atoms with Crippen LogP contribution in [0.1, 0.15) is 17.2 Å². The maximum atomic E-state index is 5.74. The Balaban J connectivity index is 1.82. The normalized spacial score (nSPS) is 19.0. The second kappa shape index (κ2) is 6.71. The smallest absolute Gasteiger partial charge is 0.0975 e. The fraction of sp³-hybridized carbons (Fsp3) is 0.538. The van der Waals surface area contributed by atoms with E-state index >= 15 is 0 Å². The highest BCUT2D eigenvalue weighted by Gasteiger charge is 2.19. The first kappa shape index (κ1) is 12.5. The van der Waals surface area contributed by atoms with Crippen molar-refractivity contribution in [2.45, 2.75) is 12.5 Å². The number of hydrogen-bond donors (Lipinski definition) is 1. The van der Waals surface area contributed by atoms with Crippen molar-refractivity contribution >= 4 is 0 Å². The first-order valence-corrected chi connectivity index (χ1v) is 5.95. The van der Waals surface area contributed by atoms with Gasteiger partial charge in [-0.1, -0.05) is 24.3 Å². The molecule has 4 nitrogen and oxygen atoms in total. The molecular formula is C13H19NO3. The van der Waals surface area contributed by atoms with E-state index in [2.05, 4.69) is 23.7 Å². The molecule has 1 aromatic rings. The van der Waals surface area contributed by atoms with Crippen LogP contribution in [0.5, 0.6) is 0 Å². The summed E-state index contributed by atoms with van der Waals surface area (Å²) in [6.07, 6.45) is 1.08. The molecule has 0 radical (unpaired) electrons. The van der Waals surface area contributed by atoms with E-state index in [4.69, 9.17) is 14.3 Å². The minimum absolute atomic E-state index is 0.0856. The van der Waals surface area contributed by atoms with E-state index in [1.807, 2.05) is 6.07 Å². The lowest BCUT2D eigenvalue weighted by atomic mass is 9.98. The Morgan fingerprint density at radius 1 is 1.35 bits per heavy atom. The van der Waals surface area contributed by atoms with Crippen LogP contribution >= 0.6 is 0 Å². The number of benzene rings is 1. The SMILES string of the molecule is COCCONCC1OCCc2ccccc21. The first-order valence-electron chi connectivity index (χ1n) is 5.95. The maximum Gasteiger partial charge on any atom is 0.0975 e. The van der Waals surface area contributed by atoms with E-state index in [0.29, 0.717) is 19.8 Å². The summed E-state index contributed by atoms with van der Waals surface area (Å²) in [6.45, 7) is 2.59. The van der Waals surface area contributed by atoms with Crippen molar-refractivity contribution in [3.63, 3.8) is 0 Å². The van der Waals surface area contributed by atoms with Crippen LogP contribution in [0.2, 0.25) is 0 Å². The molecule has 0 spiro atoms. The second-order valence-corrected chi connectivity index (χ2v) is 4.00. The lowest BCUT2D eigenvalue weighted by molar-refractivity contribution is -0.0325. The topological polar surface area (TPSA) is 39.7 Å². The summed E-state index contributed by atoms with van der Waals surface area (Å²) >= 11 is 0. The van der Waals surface area contributed by atoms with Crippen LogP contribution in [0.4, 0.5) is 0 Å². The highest BCUT2D eigenvalue weighted by molar-refractivity contribution is 5.31. The summed E-state index contributed by atoms with van der Waals surface area (Å²) in [5.74, 6) is 0. The van der Waals surface area contributed by atoms with Crippen molar-refractivity contribution in [1.82, 2.24) is 5.48 Å². The molecule has 4 heteroatoms. The van der Waals surface area contributed by atoms with Gasteiger partial charge in [-0.2, -0.15) is 5.48 Å². The first-order chi connectivity index (χ1) is 8.42. The van der Waals surface area contributed by atoms with E-state index in [-0.39, 0.29) is 6.10 Å². The number of methoxy groups -OCH3 is 1. The van der Waals surface area contributed by atoms with Gasteiger partial charge in [0, 0.05) is 7.11 Å². The summed E-state index contributed by atoms with van der Waals surface area (Å²) in [5, 5.41) is 0. The molecule has 0 bridgehead atoms. The van der Waals surface area contributed by atoms with Crippen molar-refractivity contribution in [2.24, 2.45) is 0 Å². The quantitative estimate of drug-likeness (QED) is 0.601. The van der Waals surface area contributed by atoms with Crippen LogP contribution in [0.15, 0.2) is 24.3 Å². The molecule has 1 aromatic carbocycles. The van der Waals surface area contributed by atoms with Crippen molar-refractivity contribution in [3.05, 3.63) is 35.4 Å². The van der Waals surface area contributed by atoms with Crippen LogP contribution in [0, 0.1) is 0 Å². The molecule has 0 fully saturated rings. The van der Waals surface area contributed by atoms with Crippen molar-refractivity contribution < 1.29 is 14.3 Å². The molecule has 0 aliphatic carbocycles. The number of ether oxygens (including phenoxy) is 2. The van der Waals surface area contributed by atoms with Crippen molar-refractivity contribution in [1.29, 1.82) is 0 Å². The van der Waals surface area contributed by atoms with Gasteiger partial charge in [-0.15, -0.1) is 0 Å². The lowest BCUT2D eigenvalue weighted by Crippen LogP contribution is -2.28. The van der Waals surface area contributed by atoms with Crippen LogP contribution in [0.3, 0.4) is 0 Å². The molecule has 17 heavy (non-hydrogen) atoms. The Bertz CT molecular complexity index is 343. The van der Waals surface area contributed by atoms with Crippen molar-refractivity contribution in [3.8, 4) is 0 Å². The Kier molecular flexibility index (Phi) is 4.94. The largest absolute Gasteiger partial charge is 0.382 e. The zero-order valence-electron chi connectivity index (χ0n) is 10.1. The Morgan fingerprint density at radius 2 is 2.24 bits per heavy atom. The van der Waals surface area contributed by atoms with Gasteiger partial charge >= 0.3 is 0 Å². The molecule has 0 saturated heterocycles. The highest BCUT2D eigenvalue weighted by atomic mass is 16.7. The number of fused-ring (bicyclic) bond motifs is 1. The molecule has 0 saturated carbocycles. The van der Waals surface area contributed by atoms with Gasteiger partial charge in [-0.3, -0.25) is 4.84 Å². The number of hydrogen-bond acceptors (Lipinski definition) is 4. The Hall–Kier alpha value is -0.940. The summed E-state index contributed by atoms with van der Waals surface area (Å²) in [7, 11) is 1.66. The molecule has 1 atom stereocenters. The molecule has 1 heterocycles.